The van der Waals surface area contributed by atoms with E-state index in [1.807, 2.05) is 0 Å². The van der Waals surface area contributed by atoms with E-state index in [0.717, 1.165) is 0 Å². The molecule has 4 nitrogen and oxygen atoms in total. The summed E-state index contributed by atoms with van der Waals surface area (Å²) in [5.74, 6) is -1.62. The minimum absolute atomic E-state index is 0.0192. The maximum Gasteiger partial charge on any atom is 0.422 e. The third kappa shape index (κ3) is 6.11. The molecule has 7 heteroatoms. The molecule has 0 saturated heterocycles. The van der Waals surface area contributed by atoms with Crippen LogP contribution in [0.5, 0.6) is 0 Å². The lowest BCUT2D eigenvalue weighted by Gasteiger charge is -2.08. The average Bonchev–Trinajstić information content (AvgIpc) is 2.41. The summed E-state index contributed by atoms with van der Waals surface area (Å²) in [5.41, 5.74) is 0.813. The Hall–Kier alpha value is -2.31. The van der Waals surface area contributed by atoms with Gasteiger partial charge in [-0.3, -0.25) is 0 Å². The number of esters is 2. The molecule has 21 heavy (non-hydrogen) atoms. The number of rotatable bonds is 5. The number of ether oxygens (including phenoxy) is 2. The van der Waals surface area contributed by atoms with Gasteiger partial charge in [0.15, 0.2) is 6.61 Å². The molecule has 0 aliphatic heterocycles. The Labute approximate surface area is 119 Å². The highest BCUT2D eigenvalue weighted by atomic mass is 19.4. The van der Waals surface area contributed by atoms with Gasteiger partial charge in [0.1, 0.15) is 6.61 Å². The smallest absolute Gasteiger partial charge is 0.422 e. The van der Waals surface area contributed by atoms with Crippen molar-refractivity contribution in [1.29, 1.82) is 0 Å². The summed E-state index contributed by atoms with van der Waals surface area (Å²) >= 11 is 0. The molecular formula is C14H13F3O4. The molecule has 0 fully saturated rings. The Morgan fingerprint density at radius 3 is 2.19 bits per heavy atom. The van der Waals surface area contributed by atoms with Gasteiger partial charge in [0.25, 0.3) is 0 Å². The largest absolute Gasteiger partial charge is 0.457 e. The van der Waals surface area contributed by atoms with Crippen LogP contribution in [0.4, 0.5) is 13.2 Å². The predicted molar refractivity (Wildman–Crippen MR) is 67.4 cm³/mol. The van der Waals surface area contributed by atoms with E-state index in [4.69, 9.17) is 4.74 Å². The van der Waals surface area contributed by atoms with Gasteiger partial charge in [0.05, 0.1) is 5.56 Å². The van der Waals surface area contributed by atoms with Crippen molar-refractivity contribution in [2.45, 2.75) is 19.7 Å². The average molecular weight is 302 g/mol. The van der Waals surface area contributed by atoms with Crippen LogP contribution < -0.4 is 0 Å². The van der Waals surface area contributed by atoms with Crippen molar-refractivity contribution in [3.05, 3.63) is 47.5 Å². The van der Waals surface area contributed by atoms with Gasteiger partial charge in [-0.2, -0.15) is 13.2 Å². The highest BCUT2D eigenvalue weighted by Crippen LogP contribution is 2.16. The van der Waals surface area contributed by atoms with Crippen molar-refractivity contribution in [3.8, 4) is 0 Å². The minimum Gasteiger partial charge on any atom is -0.457 e. The first-order valence-electron chi connectivity index (χ1n) is 5.84. The van der Waals surface area contributed by atoms with Crippen LogP contribution in [0.2, 0.25) is 0 Å². The van der Waals surface area contributed by atoms with Crippen LogP contribution >= 0.6 is 0 Å². The van der Waals surface area contributed by atoms with E-state index in [9.17, 15) is 22.8 Å². The van der Waals surface area contributed by atoms with Gasteiger partial charge in [0.2, 0.25) is 0 Å². The van der Waals surface area contributed by atoms with Gasteiger partial charge in [-0.25, -0.2) is 9.59 Å². The first kappa shape index (κ1) is 16.7. The monoisotopic (exact) mass is 302 g/mol. The summed E-state index contributed by atoms with van der Waals surface area (Å²) in [5, 5.41) is 0. The van der Waals surface area contributed by atoms with Crippen molar-refractivity contribution < 1.29 is 32.2 Å². The van der Waals surface area contributed by atoms with Gasteiger partial charge < -0.3 is 9.47 Å². The number of alkyl halides is 3. The number of benzene rings is 1. The molecule has 1 rings (SSSR count). The zero-order valence-electron chi connectivity index (χ0n) is 11.2. The molecule has 0 aromatic heterocycles. The van der Waals surface area contributed by atoms with Crippen molar-refractivity contribution in [1.82, 2.24) is 0 Å². The van der Waals surface area contributed by atoms with Crippen molar-refractivity contribution in [2.24, 2.45) is 0 Å². The molecule has 0 bridgehead atoms. The number of hydrogen-bond acceptors (Lipinski definition) is 4. The molecule has 0 heterocycles. The first-order valence-corrected chi connectivity index (χ1v) is 5.84. The molecule has 0 radical (unpaired) electrons. The molecule has 0 saturated carbocycles. The molecule has 0 aliphatic carbocycles. The minimum atomic E-state index is -4.56. The maximum absolute atomic E-state index is 11.9. The van der Waals surface area contributed by atoms with Crippen molar-refractivity contribution >= 4 is 11.9 Å². The highest BCUT2D eigenvalue weighted by molar-refractivity contribution is 5.89. The van der Waals surface area contributed by atoms with Crippen LogP contribution in [-0.2, 0) is 20.9 Å². The zero-order chi connectivity index (χ0) is 16.0. The lowest BCUT2D eigenvalue weighted by Crippen LogP contribution is -2.20. The zero-order valence-corrected chi connectivity index (χ0v) is 11.2. The Morgan fingerprint density at radius 1 is 1.14 bits per heavy atom. The van der Waals surface area contributed by atoms with E-state index in [-0.39, 0.29) is 17.7 Å². The van der Waals surface area contributed by atoms with Crippen LogP contribution in [0.1, 0.15) is 22.8 Å². The summed E-state index contributed by atoms with van der Waals surface area (Å²) in [6.07, 6.45) is -4.56. The molecule has 0 amide bonds. The van der Waals surface area contributed by atoms with Gasteiger partial charge in [-0.1, -0.05) is 18.7 Å². The molecule has 0 atom stereocenters. The quantitative estimate of drug-likeness (QED) is 0.620. The van der Waals surface area contributed by atoms with Crippen molar-refractivity contribution in [3.63, 3.8) is 0 Å². The second kappa shape index (κ2) is 6.92. The van der Waals surface area contributed by atoms with E-state index in [1.165, 1.54) is 31.2 Å². The second-order valence-corrected chi connectivity index (χ2v) is 4.24. The van der Waals surface area contributed by atoms with Crippen LogP contribution in [0, 0.1) is 0 Å². The van der Waals surface area contributed by atoms with E-state index >= 15 is 0 Å². The fourth-order valence-corrected chi connectivity index (χ4v) is 1.24. The van der Waals surface area contributed by atoms with Crippen molar-refractivity contribution in [2.75, 3.05) is 6.61 Å². The molecule has 1 aromatic carbocycles. The van der Waals surface area contributed by atoms with Gasteiger partial charge >= 0.3 is 18.1 Å². The lowest BCUT2D eigenvalue weighted by molar-refractivity contribution is -0.161. The van der Waals surface area contributed by atoms with E-state index in [0.29, 0.717) is 5.56 Å². The van der Waals surface area contributed by atoms with Gasteiger partial charge in [0, 0.05) is 5.57 Å². The normalized spacial score (nSPS) is 10.9. The Morgan fingerprint density at radius 2 is 1.71 bits per heavy atom. The fourth-order valence-electron chi connectivity index (χ4n) is 1.24. The summed E-state index contributed by atoms with van der Waals surface area (Å²) in [6, 6.07) is 5.50. The Bertz CT molecular complexity index is 532. The van der Waals surface area contributed by atoms with Gasteiger partial charge in [-0.05, 0) is 24.6 Å². The van der Waals surface area contributed by atoms with Gasteiger partial charge in [-0.15, -0.1) is 0 Å². The first-order chi connectivity index (χ1) is 9.69. The summed E-state index contributed by atoms with van der Waals surface area (Å²) < 4.78 is 44.7. The number of carbonyl (C=O) groups excluding carboxylic acids is 2. The van der Waals surface area contributed by atoms with E-state index in [1.54, 1.807) is 0 Å². The van der Waals surface area contributed by atoms with Crippen LogP contribution in [0.25, 0.3) is 0 Å². The topological polar surface area (TPSA) is 52.6 Å². The Kier molecular flexibility index (Phi) is 5.52. The lowest BCUT2D eigenvalue weighted by atomic mass is 10.1. The molecule has 114 valence electrons. The fraction of sp³-hybridized carbons (Fsp3) is 0.286. The SMILES string of the molecule is C=C(C)C(=O)OCc1ccc(C(=O)OCC(F)(F)F)cc1. The standard InChI is InChI=1S/C14H13F3O4/c1-9(2)12(18)20-7-10-3-5-11(6-4-10)13(19)21-8-14(15,16)17/h3-6H,1,7-8H2,2H3. The maximum atomic E-state index is 11.9. The van der Waals surface area contributed by atoms with Crippen LogP contribution in [0.3, 0.4) is 0 Å². The molecule has 0 unspecified atom stereocenters. The summed E-state index contributed by atoms with van der Waals surface area (Å²) in [4.78, 5) is 22.5. The molecule has 0 aliphatic rings. The second-order valence-electron chi connectivity index (χ2n) is 4.24. The van der Waals surface area contributed by atoms with E-state index < -0.39 is 24.7 Å². The molecule has 0 spiro atoms. The third-order valence-electron chi connectivity index (χ3n) is 2.27. The number of hydrogen-bond donors (Lipinski definition) is 0. The summed E-state index contributed by atoms with van der Waals surface area (Å²) in [6.45, 7) is 3.26. The third-order valence-corrected chi connectivity index (χ3v) is 2.27. The molecule has 0 N–H and O–H groups in total. The van der Waals surface area contributed by atoms with Crippen LogP contribution in [-0.4, -0.2) is 24.7 Å². The highest BCUT2D eigenvalue weighted by Gasteiger charge is 2.29. The number of carbonyl (C=O) groups is 2. The van der Waals surface area contributed by atoms with E-state index in [2.05, 4.69) is 11.3 Å². The number of halogens is 3. The predicted octanol–water partition coefficient (Wildman–Crippen LogP) is 3.03. The van der Waals surface area contributed by atoms with Crippen LogP contribution in [0.15, 0.2) is 36.4 Å². The Balaban J connectivity index is 2.55. The molecule has 1 aromatic rings. The summed E-state index contributed by atoms with van der Waals surface area (Å²) in [7, 11) is 0. The molecular weight excluding hydrogens is 289 g/mol.